The zero-order valence-electron chi connectivity index (χ0n) is 13.8. The molecule has 3 N–H and O–H groups in total. The predicted molar refractivity (Wildman–Crippen MR) is 96.0 cm³/mol. The summed E-state index contributed by atoms with van der Waals surface area (Å²) >= 11 is 0. The van der Waals surface area contributed by atoms with Crippen LogP contribution in [-0.2, 0) is 14.8 Å². The molecule has 0 saturated heterocycles. The summed E-state index contributed by atoms with van der Waals surface area (Å²) < 4.78 is 22.9. The molecular formula is C18H22N2O3S. The van der Waals surface area contributed by atoms with Gasteiger partial charge in [-0.3, -0.25) is 4.79 Å². The lowest BCUT2D eigenvalue weighted by atomic mass is 10.1. The number of carbonyl (C=O) groups excluding carboxylic acids is 1. The molecule has 0 unspecified atom stereocenters. The quantitative estimate of drug-likeness (QED) is 0.840. The zero-order chi connectivity index (χ0) is 17.7. The number of benzene rings is 2. The normalized spacial score (nSPS) is 11.5. The second kappa shape index (κ2) is 7.59. The fourth-order valence-corrected chi connectivity index (χ4v) is 2.80. The summed E-state index contributed by atoms with van der Waals surface area (Å²) in [6.45, 7) is 4.16. The Bertz CT molecular complexity index is 812. The van der Waals surface area contributed by atoms with Crippen LogP contribution in [-0.4, -0.2) is 14.3 Å². The van der Waals surface area contributed by atoms with Gasteiger partial charge in [-0.25, -0.2) is 13.6 Å². The zero-order valence-corrected chi connectivity index (χ0v) is 14.6. The SMILES string of the molecule is CC(C)CCC(=O)Nc1ccc(-c2cccc(S(N)(=O)=O)c2)cc1. The van der Waals surface area contributed by atoms with Gasteiger partial charge in [0.25, 0.3) is 0 Å². The van der Waals surface area contributed by atoms with E-state index in [1.807, 2.05) is 18.2 Å². The molecule has 0 aliphatic carbocycles. The van der Waals surface area contributed by atoms with Crippen molar-refractivity contribution < 1.29 is 13.2 Å². The summed E-state index contributed by atoms with van der Waals surface area (Å²) in [4.78, 5) is 11.9. The molecular weight excluding hydrogens is 324 g/mol. The molecule has 2 aromatic carbocycles. The van der Waals surface area contributed by atoms with Gasteiger partial charge in [-0.1, -0.05) is 38.1 Å². The van der Waals surface area contributed by atoms with Crippen LogP contribution in [0.2, 0.25) is 0 Å². The Morgan fingerprint density at radius 2 is 1.75 bits per heavy atom. The Labute approximate surface area is 142 Å². The number of rotatable bonds is 6. The van der Waals surface area contributed by atoms with Crippen LogP contribution >= 0.6 is 0 Å². The van der Waals surface area contributed by atoms with Gasteiger partial charge in [-0.15, -0.1) is 0 Å². The number of carbonyl (C=O) groups is 1. The Morgan fingerprint density at radius 1 is 1.08 bits per heavy atom. The van der Waals surface area contributed by atoms with E-state index in [0.717, 1.165) is 23.2 Å². The van der Waals surface area contributed by atoms with Crippen molar-refractivity contribution in [2.24, 2.45) is 11.1 Å². The fraction of sp³-hybridized carbons (Fsp3) is 0.278. The summed E-state index contributed by atoms with van der Waals surface area (Å²) in [6, 6.07) is 13.7. The molecule has 128 valence electrons. The van der Waals surface area contributed by atoms with Gasteiger partial charge in [0, 0.05) is 12.1 Å². The van der Waals surface area contributed by atoms with Gasteiger partial charge >= 0.3 is 0 Å². The Morgan fingerprint density at radius 3 is 2.33 bits per heavy atom. The summed E-state index contributed by atoms with van der Waals surface area (Å²) in [6.07, 6.45) is 1.35. The number of anilines is 1. The maximum absolute atomic E-state index is 11.8. The Hall–Kier alpha value is -2.18. The van der Waals surface area contributed by atoms with Crippen LogP contribution in [0.3, 0.4) is 0 Å². The van der Waals surface area contributed by atoms with E-state index in [1.165, 1.54) is 12.1 Å². The highest BCUT2D eigenvalue weighted by atomic mass is 32.2. The van der Waals surface area contributed by atoms with Crippen LogP contribution in [0.1, 0.15) is 26.7 Å². The van der Waals surface area contributed by atoms with Crippen molar-refractivity contribution in [1.29, 1.82) is 0 Å². The number of nitrogens with two attached hydrogens (primary N) is 1. The number of primary sulfonamides is 1. The van der Waals surface area contributed by atoms with E-state index in [2.05, 4.69) is 19.2 Å². The molecule has 0 atom stereocenters. The lowest BCUT2D eigenvalue weighted by Crippen LogP contribution is -2.12. The number of amides is 1. The first kappa shape index (κ1) is 18.2. The highest BCUT2D eigenvalue weighted by Gasteiger charge is 2.09. The maximum Gasteiger partial charge on any atom is 0.238 e. The summed E-state index contributed by atoms with van der Waals surface area (Å²) in [7, 11) is -3.73. The average Bonchev–Trinajstić information content (AvgIpc) is 2.53. The second-order valence-corrected chi connectivity index (χ2v) is 7.69. The largest absolute Gasteiger partial charge is 0.326 e. The van der Waals surface area contributed by atoms with Crippen molar-refractivity contribution in [2.45, 2.75) is 31.6 Å². The van der Waals surface area contributed by atoms with E-state index in [9.17, 15) is 13.2 Å². The van der Waals surface area contributed by atoms with Gasteiger partial charge in [-0.2, -0.15) is 0 Å². The van der Waals surface area contributed by atoms with Crippen LogP contribution in [0, 0.1) is 5.92 Å². The molecule has 24 heavy (non-hydrogen) atoms. The number of hydrogen-bond acceptors (Lipinski definition) is 3. The van der Waals surface area contributed by atoms with E-state index >= 15 is 0 Å². The van der Waals surface area contributed by atoms with Crippen LogP contribution < -0.4 is 10.5 Å². The molecule has 0 saturated carbocycles. The Balaban J connectivity index is 2.11. The summed E-state index contributed by atoms with van der Waals surface area (Å²) in [5, 5.41) is 8.01. The molecule has 2 rings (SSSR count). The number of sulfonamides is 1. The minimum absolute atomic E-state index is 0.00678. The van der Waals surface area contributed by atoms with Gasteiger partial charge < -0.3 is 5.32 Å². The molecule has 0 aliphatic heterocycles. The van der Waals surface area contributed by atoms with Gasteiger partial charge in [0.05, 0.1) is 4.90 Å². The van der Waals surface area contributed by atoms with E-state index < -0.39 is 10.0 Å². The molecule has 1 amide bonds. The van der Waals surface area contributed by atoms with Crippen LogP contribution in [0.4, 0.5) is 5.69 Å². The molecule has 0 aromatic heterocycles. The standard InChI is InChI=1S/C18H22N2O3S/c1-13(2)6-11-18(21)20-16-9-7-14(8-10-16)15-4-3-5-17(12-15)24(19,22)23/h3-5,7-10,12-13H,6,11H2,1-2H3,(H,20,21)(H2,19,22,23). The van der Waals surface area contributed by atoms with Crippen molar-refractivity contribution in [1.82, 2.24) is 0 Å². The molecule has 0 heterocycles. The summed E-state index contributed by atoms with van der Waals surface area (Å²) in [5.41, 5.74) is 2.31. The van der Waals surface area contributed by atoms with Crippen molar-refractivity contribution in [3.8, 4) is 11.1 Å². The van der Waals surface area contributed by atoms with Crippen molar-refractivity contribution in [3.63, 3.8) is 0 Å². The van der Waals surface area contributed by atoms with Crippen molar-refractivity contribution >= 4 is 21.6 Å². The highest BCUT2D eigenvalue weighted by molar-refractivity contribution is 7.89. The van der Waals surface area contributed by atoms with Gasteiger partial charge in [-0.05, 0) is 47.7 Å². The topological polar surface area (TPSA) is 89.3 Å². The van der Waals surface area contributed by atoms with E-state index in [4.69, 9.17) is 5.14 Å². The van der Waals surface area contributed by atoms with E-state index in [1.54, 1.807) is 18.2 Å². The minimum atomic E-state index is -3.73. The molecule has 2 aromatic rings. The maximum atomic E-state index is 11.8. The van der Waals surface area contributed by atoms with E-state index in [0.29, 0.717) is 12.3 Å². The molecule has 5 nitrogen and oxygen atoms in total. The van der Waals surface area contributed by atoms with Crippen LogP contribution in [0.5, 0.6) is 0 Å². The lowest BCUT2D eigenvalue weighted by Gasteiger charge is -2.08. The second-order valence-electron chi connectivity index (χ2n) is 6.13. The summed E-state index contributed by atoms with van der Waals surface area (Å²) in [5.74, 6) is 0.483. The smallest absolute Gasteiger partial charge is 0.238 e. The third-order valence-corrected chi connectivity index (χ3v) is 4.52. The average molecular weight is 346 g/mol. The molecule has 0 spiro atoms. The monoisotopic (exact) mass is 346 g/mol. The highest BCUT2D eigenvalue weighted by Crippen LogP contribution is 2.23. The minimum Gasteiger partial charge on any atom is -0.326 e. The van der Waals surface area contributed by atoms with Crippen molar-refractivity contribution in [3.05, 3.63) is 48.5 Å². The Kier molecular flexibility index (Phi) is 5.75. The fourth-order valence-electron chi connectivity index (χ4n) is 2.24. The molecule has 0 aliphatic rings. The molecule has 0 radical (unpaired) electrons. The third kappa shape index (κ3) is 5.18. The van der Waals surface area contributed by atoms with Crippen molar-refractivity contribution in [2.75, 3.05) is 5.32 Å². The first-order chi connectivity index (χ1) is 11.3. The number of nitrogens with one attached hydrogen (secondary N) is 1. The predicted octanol–water partition coefficient (Wildman–Crippen LogP) is 3.38. The first-order valence-corrected chi connectivity index (χ1v) is 9.33. The van der Waals surface area contributed by atoms with Gasteiger partial charge in [0.15, 0.2) is 0 Å². The molecule has 6 heteroatoms. The third-order valence-electron chi connectivity index (χ3n) is 3.61. The van der Waals surface area contributed by atoms with Gasteiger partial charge in [0.2, 0.25) is 15.9 Å². The van der Waals surface area contributed by atoms with Gasteiger partial charge in [0.1, 0.15) is 0 Å². The van der Waals surface area contributed by atoms with Crippen LogP contribution in [0.25, 0.3) is 11.1 Å². The molecule has 0 fully saturated rings. The first-order valence-electron chi connectivity index (χ1n) is 7.79. The molecule has 0 bridgehead atoms. The van der Waals surface area contributed by atoms with E-state index in [-0.39, 0.29) is 10.8 Å². The van der Waals surface area contributed by atoms with Crippen LogP contribution in [0.15, 0.2) is 53.4 Å². The number of hydrogen-bond donors (Lipinski definition) is 2. The lowest BCUT2D eigenvalue weighted by molar-refractivity contribution is -0.116.